The summed E-state index contributed by atoms with van der Waals surface area (Å²) in [4.78, 5) is 16.6. The average molecular weight is 324 g/mol. The summed E-state index contributed by atoms with van der Waals surface area (Å²) in [6.07, 6.45) is 3.70. The maximum atomic E-state index is 12.3. The van der Waals surface area contributed by atoms with Gasteiger partial charge >= 0.3 is 0 Å². The molecule has 0 amide bonds. The van der Waals surface area contributed by atoms with E-state index in [9.17, 15) is 4.79 Å². The SMILES string of the molecule is CCCNCCCn1cnc2ccc(Br)cc2c1=O. The van der Waals surface area contributed by atoms with Gasteiger partial charge in [0.2, 0.25) is 0 Å². The molecule has 19 heavy (non-hydrogen) atoms. The Balaban J connectivity index is 2.11. The molecule has 0 saturated heterocycles. The Bertz CT molecular complexity index is 609. The van der Waals surface area contributed by atoms with E-state index < -0.39 is 0 Å². The van der Waals surface area contributed by atoms with Crippen LogP contribution in [0.3, 0.4) is 0 Å². The van der Waals surface area contributed by atoms with Crippen LogP contribution in [0, 0.1) is 0 Å². The van der Waals surface area contributed by atoms with E-state index >= 15 is 0 Å². The molecule has 2 rings (SSSR count). The summed E-state index contributed by atoms with van der Waals surface area (Å²) >= 11 is 3.39. The Morgan fingerprint density at radius 1 is 1.37 bits per heavy atom. The van der Waals surface area contributed by atoms with Gasteiger partial charge in [-0.2, -0.15) is 0 Å². The third kappa shape index (κ3) is 3.64. The molecule has 0 bridgehead atoms. The van der Waals surface area contributed by atoms with E-state index in [0.29, 0.717) is 11.9 Å². The summed E-state index contributed by atoms with van der Waals surface area (Å²) < 4.78 is 2.59. The van der Waals surface area contributed by atoms with Crippen molar-refractivity contribution in [3.8, 4) is 0 Å². The van der Waals surface area contributed by atoms with Gasteiger partial charge in [-0.3, -0.25) is 9.36 Å². The van der Waals surface area contributed by atoms with Crippen LogP contribution in [0.1, 0.15) is 19.8 Å². The summed E-state index contributed by atoms with van der Waals surface area (Å²) in [6.45, 7) is 4.79. The van der Waals surface area contributed by atoms with E-state index in [1.807, 2.05) is 18.2 Å². The second-order valence-electron chi connectivity index (χ2n) is 4.51. The van der Waals surface area contributed by atoms with Crippen molar-refractivity contribution >= 4 is 26.8 Å². The summed E-state index contributed by atoms with van der Waals surface area (Å²) in [6, 6.07) is 5.58. The standard InChI is InChI=1S/C14H18BrN3O/c1-2-6-16-7-3-8-18-10-17-13-5-4-11(15)9-12(13)14(18)19/h4-5,9-10,16H,2-3,6-8H2,1H3. The van der Waals surface area contributed by atoms with E-state index in [-0.39, 0.29) is 5.56 Å². The van der Waals surface area contributed by atoms with Gasteiger partial charge < -0.3 is 5.32 Å². The van der Waals surface area contributed by atoms with Gasteiger partial charge in [-0.1, -0.05) is 22.9 Å². The normalized spacial score (nSPS) is 11.1. The Morgan fingerprint density at radius 2 is 2.21 bits per heavy atom. The number of hydrogen-bond acceptors (Lipinski definition) is 3. The zero-order chi connectivity index (χ0) is 13.7. The summed E-state index contributed by atoms with van der Waals surface area (Å²) in [5.74, 6) is 0. The minimum Gasteiger partial charge on any atom is -0.317 e. The molecular formula is C14H18BrN3O. The monoisotopic (exact) mass is 323 g/mol. The number of aryl methyl sites for hydroxylation is 1. The first-order valence-electron chi connectivity index (χ1n) is 6.58. The van der Waals surface area contributed by atoms with Crippen LogP contribution in [0.2, 0.25) is 0 Å². The Hall–Kier alpha value is -1.20. The van der Waals surface area contributed by atoms with Crippen LogP contribution < -0.4 is 10.9 Å². The topological polar surface area (TPSA) is 46.9 Å². The van der Waals surface area contributed by atoms with Crippen molar-refractivity contribution in [1.82, 2.24) is 14.9 Å². The fourth-order valence-corrected chi connectivity index (χ4v) is 2.33. The molecule has 0 unspecified atom stereocenters. The molecule has 102 valence electrons. The maximum absolute atomic E-state index is 12.3. The van der Waals surface area contributed by atoms with Crippen LogP contribution in [0.25, 0.3) is 10.9 Å². The maximum Gasteiger partial charge on any atom is 0.261 e. The smallest absolute Gasteiger partial charge is 0.261 e. The predicted molar refractivity (Wildman–Crippen MR) is 81.5 cm³/mol. The molecule has 1 N–H and O–H groups in total. The van der Waals surface area contributed by atoms with Crippen molar-refractivity contribution in [2.45, 2.75) is 26.3 Å². The summed E-state index contributed by atoms with van der Waals surface area (Å²) in [5.41, 5.74) is 0.773. The molecule has 0 radical (unpaired) electrons. The number of nitrogens with zero attached hydrogens (tertiary/aromatic N) is 2. The molecular weight excluding hydrogens is 306 g/mol. The molecule has 0 saturated carbocycles. The highest BCUT2D eigenvalue weighted by Crippen LogP contribution is 2.14. The van der Waals surface area contributed by atoms with Gasteiger partial charge in [-0.25, -0.2) is 4.98 Å². The quantitative estimate of drug-likeness (QED) is 0.831. The van der Waals surface area contributed by atoms with E-state index in [4.69, 9.17) is 0 Å². The van der Waals surface area contributed by atoms with Crippen molar-refractivity contribution in [3.63, 3.8) is 0 Å². The molecule has 1 aromatic heterocycles. The molecule has 0 fully saturated rings. The van der Waals surface area contributed by atoms with Gasteiger partial charge in [0.1, 0.15) is 0 Å². The molecule has 0 aliphatic heterocycles. The molecule has 0 atom stereocenters. The lowest BCUT2D eigenvalue weighted by atomic mass is 10.2. The lowest BCUT2D eigenvalue weighted by Crippen LogP contribution is -2.23. The highest BCUT2D eigenvalue weighted by atomic mass is 79.9. The second-order valence-corrected chi connectivity index (χ2v) is 5.42. The fourth-order valence-electron chi connectivity index (χ4n) is 1.97. The van der Waals surface area contributed by atoms with Gasteiger partial charge in [0, 0.05) is 11.0 Å². The number of benzene rings is 1. The van der Waals surface area contributed by atoms with E-state index in [1.54, 1.807) is 10.9 Å². The molecule has 0 aliphatic carbocycles. The number of rotatable bonds is 6. The minimum atomic E-state index is 0.0294. The van der Waals surface area contributed by atoms with Crippen LogP contribution in [-0.2, 0) is 6.54 Å². The van der Waals surface area contributed by atoms with Crippen LogP contribution in [0.15, 0.2) is 33.8 Å². The van der Waals surface area contributed by atoms with Crippen LogP contribution in [0.5, 0.6) is 0 Å². The van der Waals surface area contributed by atoms with Crippen LogP contribution >= 0.6 is 15.9 Å². The van der Waals surface area contributed by atoms with Gasteiger partial charge in [0.25, 0.3) is 5.56 Å². The third-order valence-electron chi connectivity index (χ3n) is 2.97. The van der Waals surface area contributed by atoms with Crippen molar-refractivity contribution in [2.75, 3.05) is 13.1 Å². The highest BCUT2D eigenvalue weighted by Gasteiger charge is 2.04. The van der Waals surface area contributed by atoms with E-state index in [2.05, 4.69) is 33.2 Å². The molecule has 1 heterocycles. The number of nitrogens with one attached hydrogen (secondary N) is 1. The number of fused-ring (bicyclic) bond motifs is 1. The van der Waals surface area contributed by atoms with Crippen LogP contribution in [-0.4, -0.2) is 22.6 Å². The third-order valence-corrected chi connectivity index (χ3v) is 3.46. The zero-order valence-electron chi connectivity index (χ0n) is 11.0. The average Bonchev–Trinajstić information content (AvgIpc) is 2.41. The van der Waals surface area contributed by atoms with E-state index in [0.717, 1.165) is 35.9 Å². The Kier molecular flexibility index (Phi) is 5.10. The number of aromatic nitrogens is 2. The molecule has 2 aromatic rings. The molecule has 4 nitrogen and oxygen atoms in total. The van der Waals surface area contributed by atoms with Crippen molar-refractivity contribution in [2.24, 2.45) is 0 Å². The molecule has 1 aromatic carbocycles. The van der Waals surface area contributed by atoms with Gasteiger partial charge in [0.05, 0.1) is 17.2 Å². The first kappa shape index (κ1) is 14.2. The number of halogens is 1. The lowest BCUT2D eigenvalue weighted by Gasteiger charge is -2.07. The Morgan fingerprint density at radius 3 is 3.00 bits per heavy atom. The van der Waals surface area contributed by atoms with Gasteiger partial charge in [-0.15, -0.1) is 0 Å². The minimum absolute atomic E-state index is 0.0294. The van der Waals surface area contributed by atoms with Crippen molar-refractivity contribution in [1.29, 1.82) is 0 Å². The molecule has 0 aliphatic rings. The first-order chi connectivity index (χ1) is 9.22. The van der Waals surface area contributed by atoms with Gasteiger partial charge in [-0.05, 0) is 44.1 Å². The summed E-state index contributed by atoms with van der Waals surface area (Å²) in [7, 11) is 0. The van der Waals surface area contributed by atoms with Crippen LogP contribution in [0.4, 0.5) is 0 Å². The number of hydrogen-bond donors (Lipinski definition) is 1. The van der Waals surface area contributed by atoms with Crippen molar-refractivity contribution < 1.29 is 0 Å². The zero-order valence-corrected chi connectivity index (χ0v) is 12.6. The van der Waals surface area contributed by atoms with Gasteiger partial charge in [0.15, 0.2) is 0 Å². The predicted octanol–water partition coefficient (Wildman–Crippen LogP) is 2.55. The second kappa shape index (κ2) is 6.82. The van der Waals surface area contributed by atoms with Crippen molar-refractivity contribution in [3.05, 3.63) is 39.4 Å². The molecule has 0 spiro atoms. The largest absolute Gasteiger partial charge is 0.317 e. The highest BCUT2D eigenvalue weighted by molar-refractivity contribution is 9.10. The van der Waals surface area contributed by atoms with E-state index in [1.165, 1.54) is 0 Å². The summed E-state index contributed by atoms with van der Waals surface area (Å²) in [5, 5.41) is 3.99. The first-order valence-corrected chi connectivity index (χ1v) is 7.37. The molecule has 5 heteroatoms. The Labute approximate surface area is 121 Å². The fraction of sp³-hybridized carbons (Fsp3) is 0.429. The lowest BCUT2D eigenvalue weighted by molar-refractivity contribution is 0.566.